The SMILES string of the molecule is CCNC(=NCCCn1cc(C)cn1)N(C)Cc1ccc(F)cc1.I. The molecule has 0 aliphatic carbocycles. The first-order valence-corrected chi connectivity index (χ1v) is 8.31. The Balaban J connectivity index is 0.00000312. The molecule has 5 nitrogen and oxygen atoms in total. The lowest BCUT2D eigenvalue weighted by Gasteiger charge is -2.22. The number of hydrogen-bond donors (Lipinski definition) is 1. The molecule has 2 aromatic rings. The van der Waals surface area contributed by atoms with Crippen molar-refractivity contribution in [1.29, 1.82) is 0 Å². The van der Waals surface area contributed by atoms with Crippen LogP contribution in [0, 0.1) is 12.7 Å². The molecule has 138 valence electrons. The van der Waals surface area contributed by atoms with Gasteiger partial charge in [-0.1, -0.05) is 12.1 Å². The molecule has 7 heteroatoms. The fourth-order valence-corrected chi connectivity index (χ4v) is 2.42. The van der Waals surface area contributed by atoms with Crippen LogP contribution < -0.4 is 5.32 Å². The van der Waals surface area contributed by atoms with Gasteiger partial charge in [-0.15, -0.1) is 24.0 Å². The smallest absolute Gasteiger partial charge is 0.193 e. The molecule has 1 aromatic heterocycles. The number of guanidine groups is 1. The van der Waals surface area contributed by atoms with Crippen molar-refractivity contribution in [2.45, 2.75) is 33.4 Å². The van der Waals surface area contributed by atoms with Crippen molar-refractivity contribution < 1.29 is 4.39 Å². The molecule has 0 radical (unpaired) electrons. The second-order valence-corrected chi connectivity index (χ2v) is 5.85. The highest BCUT2D eigenvalue weighted by Crippen LogP contribution is 2.06. The summed E-state index contributed by atoms with van der Waals surface area (Å²) >= 11 is 0. The molecular formula is C18H27FIN5. The molecule has 0 amide bonds. The number of rotatable bonds is 7. The second-order valence-electron chi connectivity index (χ2n) is 5.85. The van der Waals surface area contributed by atoms with Crippen molar-refractivity contribution in [2.24, 2.45) is 4.99 Å². The van der Waals surface area contributed by atoms with Gasteiger partial charge in [0.15, 0.2) is 5.96 Å². The molecule has 0 saturated heterocycles. The Morgan fingerprint density at radius 3 is 2.64 bits per heavy atom. The second kappa shape index (κ2) is 11.1. The number of halogens is 2. The first-order valence-electron chi connectivity index (χ1n) is 8.31. The molecule has 2 rings (SSSR count). The standard InChI is InChI=1S/C18H26FN5.HI/c1-4-20-18(21-10-5-11-24-13-15(2)12-22-24)23(3)14-16-6-8-17(19)9-7-16;/h6-9,12-13H,4-5,10-11,14H2,1-3H3,(H,20,21);1H. The van der Waals surface area contributed by atoms with Gasteiger partial charge in [-0.2, -0.15) is 5.10 Å². The van der Waals surface area contributed by atoms with E-state index >= 15 is 0 Å². The Bertz CT molecular complexity index is 654. The van der Waals surface area contributed by atoms with E-state index in [9.17, 15) is 4.39 Å². The molecular weight excluding hydrogens is 432 g/mol. The van der Waals surface area contributed by atoms with Gasteiger partial charge in [0.2, 0.25) is 0 Å². The molecule has 25 heavy (non-hydrogen) atoms. The fourth-order valence-electron chi connectivity index (χ4n) is 2.42. The quantitative estimate of drug-likeness (QED) is 0.299. The summed E-state index contributed by atoms with van der Waals surface area (Å²) in [5, 5.41) is 7.57. The topological polar surface area (TPSA) is 45.5 Å². The Morgan fingerprint density at radius 1 is 1.32 bits per heavy atom. The largest absolute Gasteiger partial charge is 0.357 e. The third kappa shape index (κ3) is 7.41. The van der Waals surface area contributed by atoms with Gasteiger partial charge >= 0.3 is 0 Å². The Labute approximate surface area is 166 Å². The van der Waals surface area contributed by atoms with Gasteiger partial charge in [-0.3, -0.25) is 9.67 Å². The highest BCUT2D eigenvalue weighted by molar-refractivity contribution is 14.0. The summed E-state index contributed by atoms with van der Waals surface area (Å²) in [6.07, 6.45) is 4.83. The Hall–Kier alpha value is -1.64. The van der Waals surface area contributed by atoms with Gasteiger partial charge in [0.05, 0.1) is 6.20 Å². The Morgan fingerprint density at radius 2 is 2.04 bits per heavy atom. The minimum Gasteiger partial charge on any atom is -0.357 e. The maximum Gasteiger partial charge on any atom is 0.193 e. The van der Waals surface area contributed by atoms with Crippen molar-refractivity contribution in [3.63, 3.8) is 0 Å². The van der Waals surface area contributed by atoms with Crippen LogP contribution in [0.4, 0.5) is 4.39 Å². The van der Waals surface area contributed by atoms with Gasteiger partial charge in [-0.25, -0.2) is 4.39 Å². The molecule has 1 aromatic carbocycles. The van der Waals surface area contributed by atoms with E-state index in [1.807, 2.05) is 38.0 Å². The maximum atomic E-state index is 13.0. The number of hydrogen-bond acceptors (Lipinski definition) is 2. The molecule has 0 atom stereocenters. The van der Waals surface area contributed by atoms with E-state index in [1.165, 1.54) is 17.7 Å². The van der Waals surface area contributed by atoms with E-state index in [-0.39, 0.29) is 29.8 Å². The highest BCUT2D eigenvalue weighted by atomic mass is 127. The lowest BCUT2D eigenvalue weighted by atomic mass is 10.2. The maximum absolute atomic E-state index is 13.0. The molecule has 0 bridgehead atoms. The molecule has 0 spiro atoms. The van der Waals surface area contributed by atoms with E-state index in [0.717, 1.165) is 37.6 Å². The molecule has 1 N–H and O–H groups in total. The summed E-state index contributed by atoms with van der Waals surface area (Å²) in [5.74, 6) is 0.648. The van der Waals surface area contributed by atoms with Crippen molar-refractivity contribution in [2.75, 3.05) is 20.1 Å². The van der Waals surface area contributed by atoms with Crippen molar-refractivity contribution in [3.8, 4) is 0 Å². The van der Waals surface area contributed by atoms with E-state index in [4.69, 9.17) is 0 Å². The summed E-state index contributed by atoms with van der Waals surface area (Å²) in [6, 6.07) is 6.57. The van der Waals surface area contributed by atoms with Crippen molar-refractivity contribution in [1.82, 2.24) is 20.0 Å². The van der Waals surface area contributed by atoms with Gasteiger partial charge in [0.25, 0.3) is 0 Å². The third-order valence-corrected chi connectivity index (χ3v) is 3.60. The minimum absolute atomic E-state index is 0. The van der Waals surface area contributed by atoms with E-state index in [2.05, 4.69) is 20.3 Å². The van der Waals surface area contributed by atoms with Gasteiger partial charge in [0.1, 0.15) is 5.82 Å². The number of aliphatic imine (C=N–C) groups is 1. The lowest BCUT2D eigenvalue weighted by molar-refractivity contribution is 0.474. The van der Waals surface area contributed by atoms with Crippen LogP contribution in [0.25, 0.3) is 0 Å². The van der Waals surface area contributed by atoms with Crippen molar-refractivity contribution >= 4 is 29.9 Å². The number of aryl methyl sites for hydroxylation is 2. The zero-order chi connectivity index (χ0) is 17.4. The first-order chi connectivity index (χ1) is 11.6. The first kappa shape index (κ1) is 21.4. The molecule has 0 fully saturated rings. The molecule has 0 aliphatic heterocycles. The van der Waals surface area contributed by atoms with E-state index < -0.39 is 0 Å². The number of nitrogens with one attached hydrogen (secondary N) is 1. The highest BCUT2D eigenvalue weighted by Gasteiger charge is 2.06. The minimum atomic E-state index is -0.212. The Kier molecular flexibility index (Phi) is 9.48. The van der Waals surface area contributed by atoms with Gasteiger partial charge < -0.3 is 10.2 Å². The van der Waals surface area contributed by atoms with Gasteiger partial charge in [-0.05, 0) is 43.5 Å². The summed E-state index contributed by atoms with van der Waals surface area (Å²) < 4.78 is 14.9. The predicted octanol–water partition coefficient (Wildman–Crippen LogP) is 3.44. The number of benzene rings is 1. The van der Waals surface area contributed by atoms with Crippen LogP contribution >= 0.6 is 24.0 Å². The predicted molar refractivity (Wildman–Crippen MR) is 111 cm³/mol. The molecule has 0 aliphatic rings. The average molecular weight is 459 g/mol. The lowest BCUT2D eigenvalue weighted by Crippen LogP contribution is -2.38. The molecule has 1 heterocycles. The van der Waals surface area contributed by atoms with E-state index in [0.29, 0.717) is 6.54 Å². The van der Waals surface area contributed by atoms with Crippen LogP contribution in [0.2, 0.25) is 0 Å². The summed E-state index contributed by atoms with van der Waals surface area (Å²) in [6.45, 7) is 7.17. The number of nitrogens with zero attached hydrogens (tertiary/aromatic N) is 4. The van der Waals surface area contributed by atoms with Crippen LogP contribution in [0.3, 0.4) is 0 Å². The summed E-state index contributed by atoms with van der Waals surface area (Å²) in [5.41, 5.74) is 2.22. The third-order valence-electron chi connectivity index (χ3n) is 3.60. The number of aromatic nitrogens is 2. The van der Waals surface area contributed by atoms with Crippen LogP contribution in [-0.4, -0.2) is 40.8 Å². The van der Waals surface area contributed by atoms with Crippen molar-refractivity contribution in [3.05, 3.63) is 53.6 Å². The van der Waals surface area contributed by atoms with Crippen LogP contribution in [-0.2, 0) is 13.1 Å². The monoisotopic (exact) mass is 459 g/mol. The van der Waals surface area contributed by atoms with E-state index in [1.54, 1.807) is 12.1 Å². The molecule has 0 unspecified atom stereocenters. The van der Waals surface area contributed by atoms with Crippen LogP contribution in [0.15, 0.2) is 41.7 Å². The molecule has 0 saturated carbocycles. The van der Waals surface area contributed by atoms with Crippen LogP contribution in [0.5, 0.6) is 0 Å². The zero-order valence-electron chi connectivity index (χ0n) is 15.1. The van der Waals surface area contributed by atoms with Crippen LogP contribution in [0.1, 0.15) is 24.5 Å². The fraction of sp³-hybridized carbons (Fsp3) is 0.444. The average Bonchev–Trinajstić information content (AvgIpc) is 2.98. The van der Waals surface area contributed by atoms with Gasteiger partial charge in [0, 0.05) is 39.4 Å². The normalized spacial score (nSPS) is 11.1. The zero-order valence-corrected chi connectivity index (χ0v) is 17.4. The summed E-state index contributed by atoms with van der Waals surface area (Å²) in [4.78, 5) is 6.72. The summed E-state index contributed by atoms with van der Waals surface area (Å²) in [7, 11) is 1.99.